The number of aromatic nitrogens is 2. The van der Waals surface area contributed by atoms with Crippen LogP contribution in [0.25, 0.3) is 11.0 Å². The molecule has 100 valence electrons. The normalized spacial score (nSPS) is 10.7. The molecule has 0 aliphatic heterocycles. The lowest BCUT2D eigenvalue weighted by atomic mass is 10.2. The predicted molar refractivity (Wildman–Crippen MR) is 81.0 cm³/mol. The molecule has 0 fully saturated rings. The first-order valence-corrected chi connectivity index (χ1v) is 6.91. The summed E-state index contributed by atoms with van der Waals surface area (Å²) < 4.78 is 14.1. The van der Waals surface area contributed by atoms with Crippen molar-refractivity contribution in [3.63, 3.8) is 0 Å². The molecule has 0 bridgehead atoms. The average molecular weight is 332 g/mol. The number of fused-ring (bicyclic) bond motifs is 1. The van der Waals surface area contributed by atoms with Crippen molar-refractivity contribution in [1.29, 1.82) is 0 Å². The van der Waals surface area contributed by atoms with Gasteiger partial charge in [-0.05, 0) is 35.9 Å². The van der Waals surface area contributed by atoms with Crippen LogP contribution >= 0.6 is 15.9 Å². The molecule has 5 heteroatoms. The Hall–Kier alpha value is -2.01. The van der Waals surface area contributed by atoms with Crippen LogP contribution in [0, 0.1) is 5.82 Å². The first-order valence-electron chi connectivity index (χ1n) is 6.12. The van der Waals surface area contributed by atoms with Crippen LogP contribution in [0.3, 0.4) is 0 Å². The van der Waals surface area contributed by atoms with E-state index in [0.717, 1.165) is 21.1 Å². The number of nitrogens with one attached hydrogen (secondary N) is 1. The van der Waals surface area contributed by atoms with Crippen molar-refractivity contribution in [2.75, 3.05) is 5.32 Å². The van der Waals surface area contributed by atoms with E-state index >= 15 is 0 Å². The van der Waals surface area contributed by atoms with E-state index in [2.05, 4.69) is 31.2 Å². The third-order valence-corrected chi connectivity index (χ3v) is 3.69. The largest absolute Gasteiger partial charge is 0.365 e. The molecule has 0 aliphatic rings. The number of halogens is 2. The Morgan fingerprint density at radius 2 is 1.90 bits per heavy atom. The van der Waals surface area contributed by atoms with Gasteiger partial charge in [0, 0.05) is 11.0 Å². The number of hydrogen-bond acceptors (Lipinski definition) is 3. The van der Waals surface area contributed by atoms with Crippen LogP contribution in [0.4, 0.5) is 10.2 Å². The van der Waals surface area contributed by atoms with Crippen LogP contribution in [0.1, 0.15) is 5.56 Å². The van der Waals surface area contributed by atoms with Crippen molar-refractivity contribution in [3.8, 4) is 0 Å². The quantitative estimate of drug-likeness (QED) is 0.783. The van der Waals surface area contributed by atoms with Gasteiger partial charge in [0.15, 0.2) is 0 Å². The molecule has 0 saturated heterocycles. The number of para-hydroxylation sites is 2. The summed E-state index contributed by atoms with van der Waals surface area (Å²) >= 11 is 3.40. The van der Waals surface area contributed by atoms with Gasteiger partial charge in [0.1, 0.15) is 11.6 Å². The van der Waals surface area contributed by atoms with Crippen LogP contribution in [-0.2, 0) is 6.54 Å². The molecule has 0 spiro atoms. The lowest BCUT2D eigenvalue weighted by Gasteiger charge is -2.08. The zero-order valence-corrected chi connectivity index (χ0v) is 12.1. The van der Waals surface area contributed by atoms with Gasteiger partial charge in [-0.1, -0.05) is 28.1 Å². The maximum absolute atomic E-state index is 13.2. The second kappa shape index (κ2) is 5.54. The van der Waals surface area contributed by atoms with E-state index in [1.165, 1.54) is 12.1 Å². The van der Waals surface area contributed by atoms with Gasteiger partial charge < -0.3 is 5.32 Å². The second-order valence-corrected chi connectivity index (χ2v) is 5.19. The summed E-state index contributed by atoms with van der Waals surface area (Å²) in [6, 6.07) is 12.3. The van der Waals surface area contributed by atoms with E-state index in [1.54, 1.807) is 12.3 Å². The summed E-state index contributed by atoms with van der Waals surface area (Å²) in [5, 5.41) is 3.15. The van der Waals surface area contributed by atoms with E-state index in [1.807, 2.05) is 24.3 Å². The van der Waals surface area contributed by atoms with E-state index in [-0.39, 0.29) is 5.82 Å². The van der Waals surface area contributed by atoms with Crippen molar-refractivity contribution < 1.29 is 4.39 Å². The first kappa shape index (κ1) is 13.0. The molecule has 20 heavy (non-hydrogen) atoms. The first-order chi connectivity index (χ1) is 9.72. The third-order valence-electron chi connectivity index (χ3n) is 2.92. The topological polar surface area (TPSA) is 37.8 Å². The highest BCUT2D eigenvalue weighted by Gasteiger charge is 2.03. The highest BCUT2D eigenvalue weighted by atomic mass is 79.9. The zero-order valence-electron chi connectivity index (χ0n) is 10.5. The number of hydrogen-bond donors (Lipinski definition) is 1. The van der Waals surface area contributed by atoms with Gasteiger partial charge in [-0.15, -0.1) is 0 Å². The summed E-state index contributed by atoms with van der Waals surface area (Å²) in [4.78, 5) is 8.78. The van der Waals surface area contributed by atoms with Crippen molar-refractivity contribution in [2.45, 2.75) is 6.54 Å². The molecule has 0 radical (unpaired) electrons. The maximum Gasteiger partial charge on any atom is 0.145 e. The van der Waals surface area contributed by atoms with E-state index in [9.17, 15) is 4.39 Å². The van der Waals surface area contributed by atoms with Gasteiger partial charge in [-0.2, -0.15) is 0 Å². The highest BCUT2D eigenvalue weighted by molar-refractivity contribution is 9.10. The molecule has 3 nitrogen and oxygen atoms in total. The van der Waals surface area contributed by atoms with Gasteiger partial charge in [0.2, 0.25) is 0 Å². The fourth-order valence-corrected chi connectivity index (χ4v) is 2.29. The molecule has 0 atom stereocenters. The molecule has 3 rings (SSSR count). The van der Waals surface area contributed by atoms with Crippen LogP contribution in [0.2, 0.25) is 0 Å². The minimum Gasteiger partial charge on any atom is -0.365 e. The van der Waals surface area contributed by atoms with Gasteiger partial charge in [0.25, 0.3) is 0 Å². The van der Waals surface area contributed by atoms with Crippen LogP contribution in [0.15, 0.2) is 53.1 Å². The molecule has 0 unspecified atom stereocenters. The molecule has 1 aromatic heterocycles. The summed E-state index contributed by atoms with van der Waals surface area (Å²) in [6.45, 7) is 0.478. The van der Waals surface area contributed by atoms with Crippen molar-refractivity contribution in [2.24, 2.45) is 0 Å². The van der Waals surface area contributed by atoms with Crippen molar-refractivity contribution in [1.82, 2.24) is 9.97 Å². The summed E-state index contributed by atoms with van der Waals surface area (Å²) in [5.41, 5.74) is 2.51. The molecule has 3 aromatic rings. The Balaban J connectivity index is 1.81. The van der Waals surface area contributed by atoms with Gasteiger partial charge in [0.05, 0.1) is 17.2 Å². The van der Waals surface area contributed by atoms with Crippen LogP contribution in [0.5, 0.6) is 0 Å². The molecule has 0 aliphatic carbocycles. The molecule has 1 N–H and O–H groups in total. The molecule has 2 aromatic carbocycles. The maximum atomic E-state index is 13.2. The summed E-state index contributed by atoms with van der Waals surface area (Å²) in [6.07, 6.45) is 1.68. The third kappa shape index (κ3) is 2.77. The van der Waals surface area contributed by atoms with Gasteiger partial charge in [-0.25, -0.2) is 9.37 Å². The Morgan fingerprint density at radius 1 is 1.10 bits per heavy atom. The van der Waals surface area contributed by atoms with Crippen molar-refractivity contribution in [3.05, 3.63) is 64.5 Å². The SMILES string of the molecule is Fc1ccc(Br)c(CNc2cnc3ccccc3n2)c1. The summed E-state index contributed by atoms with van der Waals surface area (Å²) in [7, 11) is 0. The minimum absolute atomic E-state index is 0.255. The average Bonchev–Trinajstić information content (AvgIpc) is 2.48. The van der Waals surface area contributed by atoms with Gasteiger partial charge in [-0.3, -0.25) is 4.98 Å². The number of rotatable bonds is 3. The minimum atomic E-state index is -0.255. The Labute approximate surface area is 124 Å². The smallest absolute Gasteiger partial charge is 0.145 e. The number of anilines is 1. The molecule has 0 saturated carbocycles. The monoisotopic (exact) mass is 331 g/mol. The Morgan fingerprint density at radius 3 is 2.75 bits per heavy atom. The lowest BCUT2D eigenvalue weighted by Crippen LogP contribution is -2.03. The van der Waals surface area contributed by atoms with Crippen molar-refractivity contribution >= 4 is 32.8 Å². The molecule has 0 amide bonds. The molecule has 1 heterocycles. The number of nitrogens with zero attached hydrogens (tertiary/aromatic N) is 2. The van der Waals surface area contributed by atoms with Crippen LogP contribution in [-0.4, -0.2) is 9.97 Å². The second-order valence-electron chi connectivity index (χ2n) is 4.33. The summed E-state index contributed by atoms with van der Waals surface area (Å²) in [5.74, 6) is 0.412. The van der Waals surface area contributed by atoms with E-state index in [4.69, 9.17) is 0 Å². The fraction of sp³-hybridized carbons (Fsp3) is 0.0667. The molecular weight excluding hydrogens is 321 g/mol. The Bertz CT molecular complexity index is 761. The predicted octanol–water partition coefficient (Wildman–Crippen LogP) is 4.14. The van der Waals surface area contributed by atoms with E-state index in [0.29, 0.717) is 12.4 Å². The van der Waals surface area contributed by atoms with Crippen LogP contribution < -0.4 is 5.32 Å². The highest BCUT2D eigenvalue weighted by Crippen LogP contribution is 2.19. The van der Waals surface area contributed by atoms with Gasteiger partial charge >= 0.3 is 0 Å². The number of benzene rings is 2. The fourth-order valence-electron chi connectivity index (χ4n) is 1.91. The Kier molecular flexibility index (Phi) is 3.60. The lowest BCUT2D eigenvalue weighted by molar-refractivity contribution is 0.625. The standard InChI is InChI=1S/C15H11BrFN3/c16-12-6-5-11(17)7-10(12)8-19-15-9-18-13-3-1-2-4-14(13)20-15/h1-7,9H,8H2,(H,19,20). The van der Waals surface area contributed by atoms with E-state index < -0.39 is 0 Å². The zero-order chi connectivity index (χ0) is 13.9. The molecular formula is C15H11BrFN3.